The fourth-order valence-electron chi connectivity index (χ4n) is 3.76. The molecule has 1 saturated heterocycles. The Morgan fingerprint density at radius 1 is 0.944 bits per heavy atom. The number of nitrogens with one attached hydrogen (secondary N) is 1. The van der Waals surface area contributed by atoms with Crippen LogP contribution >= 0.6 is 0 Å². The molecule has 4 amide bonds. The number of esters is 1. The van der Waals surface area contributed by atoms with Gasteiger partial charge in [0.2, 0.25) is 0 Å². The van der Waals surface area contributed by atoms with Gasteiger partial charge >= 0.3 is 12.0 Å². The van der Waals surface area contributed by atoms with E-state index in [-0.39, 0.29) is 17.1 Å². The molecule has 3 aromatic carbocycles. The number of aryl methyl sites for hydroxylation is 2. The average Bonchev–Trinajstić information content (AvgIpc) is 2.84. The number of imide groups is 2. The summed E-state index contributed by atoms with van der Waals surface area (Å²) in [5.41, 5.74) is 2.63. The number of ether oxygens (including phenoxy) is 2. The summed E-state index contributed by atoms with van der Waals surface area (Å²) in [5.74, 6) is -1.63. The second-order valence-electron chi connectivity index (χ2n) is 8.14. The Balaban J connectivity index is 1.65. The van der Waals surface area contributed by atoms with E-state index in [1.54, 1.807) is 68.4 Å². The molecule has 0 spiro atoms. The van der Waals surface area contributed by atoms with E-state index in [1.807, 2.05) is 13.0 Å². The molecule has 8 heteroatoms. The number of amides is 4. The molecule has 1 aliphatic heterocycles. The molecule has 1 fully saturated rings. The fourth-order valence-corrected chi connectivity index (χ4v) is 3.76. The molecule has 1 aliphatic rings. The number of nitrogens with zero attached hydrogens (tertiary/aromatic N) is 1. The number of para-hydroxylation sites is 1. The zero-order valence-electron chi connectivity index (χ0n) is 20.0. The molecule has 4 rings (SSSR count). The van der Waals surface area contributed by atoms with Crippen molar-refractivity contribution < 1.29 is 28.7 Å². The summed E-state index contributed by atoms with van der Waals surface area (Å²) in [4.78, 5) is 51.7. The molecule has 3 aromatic rings. The highest BCUT2D eigenvalue weighted by molar-refractivity contribution is 6.39. The first kappa shape index (κ1) is 24.4. The van der Waals surface area contributed by atoms with Crippen molar-refractivity contribution in [1.29, 1.82) is 0 Å². The summed E-state index contributed by atoms with van der Waals surface area (Å²) < 4.78 is 11.2. The maximum atomic E-state index is 13.2. The molecule has 1 N–H and O–H groups in total. The first-order valence-electron chi connectivity index (χ1n) is 11.3. The summed E-state index contributed by atoms with van der Waals surface area (Å²) in [5, 5.41) is 2.21. The van der Waals surface area contributed by atoms with E-state index in [4.69, 9.17) is 9.47 Å². The second kappa shape index (κ2) is 10.3. The highest BCUT2D eigenvalue weighted by Crippen LogP contribution is 2.31. The van der Waals surface area contributed by atoms with Crippen LogP contribution in [-0.2, 0) is 9.59 Å². The van der Waals surface area contributed by atoms with Gasteiger partial charge in [-0.15, -0.1) is 0 Å². The van der Waals surface area contributed by atoms with Gasteiger partial charge < -0.3 is 9.47 Å². The van der Waals surface area contributed by atoms with Crippen LogP contribution < -0.4 is 19.7 Å². The van der Waals surface area contributed by atoms with Crippen LogP contribution in [-0.4, -0.2) is 30.4 Å². The molecular formula is C28H24N2O6. The van der Waals surface area contributed by atoms with Crippen molar-refractivity contribution in [2.75, 3.05) is 11.5 Å². The van der Waals surface area contributed by atoms with Crippen molar-refractivity contribution in [2.24, 2.45) is 0 Å². The molecule has 0 atom stereocenters. The first-order valence-corrected chi connectivity index (χ1v) is 11.3. The normalized spacial score (nSPS) is 14.6. The molecule has 8 nitrogen and oxygen atoms in total. The predicted molar refractivity (Wildman–Crippen MR) is 134 cm³/mol. The Bertz CT molecular complexity index is 1410. The smallest absolute Gasteiger partial charge is 0.343 e. The number of carbonyl (C=O) groups excluding carboxylic acids is 4. The van der Waals surface area contributed by atoms with E-state index in [0.717, 1.165) is 10.5 Å². The number of urea groups is 1. The number of rotatable bonds is 6. The number of anilines is 1. The average molecular weight is 485 g/mol. The molecular weight excluding hydrogens is 460 g/mol. The monoisotopic (exact) mass is 484 g/mol. The number of carbonyl (C=O) groups is 4. The topological polar surface area (TPSA) is 102 Å². The lowest BCUT2D eigenvalue weighted by molar-refractivity contribution is -0.122. The Morgan fingerprint density at radius 2 is 1.72 bits per heavy atom. The number of hydrogen-bond acceptors (Lipinski definition) is 6. The molecule has 0 aliphatic carbocycles. The van der Waals surface area contributed by atoms with Crippen LogP contribution in [0.4, 0.5) is 10.5 Å². The third-order valence-electron chi connectivity index (χ3n) is 5.49. The van der Waals surface area contributed by atoms with E-state index in [1.165, 1.54) is 12.1 Å². The van der Waals surface area contributed by atoms with Crippen molar-refractivity contribution in [3.63, 3.8) is 0 Å². The summed E-state index contributed by atoms with van der Waals surface area (Å²) >= 11 is 0. The molecule has 0 aromatic heterocycles. The zero-order valence-corrected chi connectivity index (χ0v) is 20.0. The third kappa shape index (κ3) is 5.02. The molecule has 0 bridgehead atoms. The molecule has 0 radical (unpaired) electrons. The van der Waals surface area contributed by atoms with E-state index in [0.29, 0.717) is 29.0 Å². The lowest BCUT2D eigenvalue weighted by Gasteiger charge is -2.27. The van der Waals surface area contributed by atoms with Gasteiger partial charge in [0.05, 0.1) is 17.9 Å². The van der Waals surface area contributed by atoms with Gasteiger partial charge in [-0.05, 0) is 68.3 Å². The van der Waals surface area contributed by atoms with Crippen LogP contribution in [0.15, 0.2) is 72.3 Å². The SMILES string of the molecule is CCOc1cc(C=C2C(=O)NC(=O)N(c3ccccc3C)C2=O)ccc1OC(=O)c1cccc(C)c1. The molecule has 0 saturated carbocycles. The van der Waals surface area contributed by atoms with Crippen LogP contribution in [0.25, 0.3) is 6.08 Å². The van der Waals surface area contributed by atoms with E-state index in [2.05, 4.69) is 5.32 Å². The Labute approximate surface area is 208 Å². The maximum absolute atomic E-state index is 13.2. The van der Waals surface area contributed by atoms with Crippen molar-refractivity contribution in [1.82, 2.24) is 5.32 Å². The van der Waals surface area contributed by atoms with Gasteiger partial charge in [-0.2, -0.15) is 0 Å². The van der Waals surface area contributed by atoms with Crippen molar-refractivity contribution in [3.8, 4) is 11.5 Å². The lowest BCUT2D eigenvalue weighted by atomic mass is 10.1. The predicted octanol–water partition coefficient (Wildman–Crippen LogP) is 4.59. The Kier molecular flexibility index (Phi) is 6.96. The summed E-state index contributed by atoms with van der Waals surface area (Å²) in [6.45, 7) is 5.72. The minimum atomic E-state index is -0.815. The number of barbiturate groups is 1. The van der Waals surface area contributed by atoms with E-state index in [9.17, 15) is 19.2 Å². The maximum Gasteiger partial charge on any atom is 0.343 e. The lowest BCUT2D eigenvalue weighted by Crippen LogP contribution is -2.54. The van der Waals surface area contributed by atoms with Gasteiger partial charge in [-0.1, -0.05) is 42.0 Å². The number of benzene rings is 3. The van der Waals surface area contributed by atoms with E-state index < -0.39 is 23.8 Å². The van der Waals surface area contributed by atoms with Gasteiger partial charge in [0.15, 0.2) is 11.5 Å². The standard InChI is InChI=1S/C28H24N2O6/c1-4-35-24-16-19(12-13-23(24)36-27(33)20-10-7-8-17(2)14-20)15-21-25(31)29-28(34)30(26(21)32)22-11-6-5-9-18(22)3/h5-16H,4H2,1-3H3,(H,29,31,34). The van der Waals surface area contributed by atoms with Gasteiger partial charge in [0.25, 0.3) is 11.8 Å². The highest BCUT2D eigenvalue weighted by atomic mass is 16.6. The fraction of sp³-hybridized carbons (Fsp3) is 0.143. The van der Waals surface area contributed by atoms with Crippen molar-refractivity contribution >= 4 is 35.6 Å². The van der Waals surface area contributed by atoms with Crippen LogP contribution in [0.2, 0.25) is 0 Å². The van der Waals surface area contributed by atoms with Crippen molar-refractivity contribution in [2.45, 2.75) is 20.8 Å². The van der Waals surface area contributed by atoms with Crippen molar-refractivity contribution in [3.05, 3.63) is 94.6 Å². The largest absolute Gasteiger partial charge is 0.490 e. The second-order valence-corrected chi connectivity index (χ2v) is 8.14. The zero-order chi connectivity index (χ0) is 25.8. The van der Waals surface area contributed by atoms with Gasteiger partial charge in [0.1, 0.15) is 5.57 Å². The third-order valence-corrected chi connectivity index (χ3v) is 5.49. The number of hydrogen-bond donors (Lipinski definition) is 1. The molecule has 36 heavy (non-hydrogen) atoms. The molecule has 0 unspecified atom stereocenters. The minimum Gasteiger partial charge on any atom is -0.490 e. The Morgan fingerprint density at radius 3 is 2.44 bits per heavy atom. The highest BCUT2D eigenvalue weighted by Gasteiger charge is 2.37. The molecule has 182 valence electrons. The molecule has 1 heterocycles. The quantitative estimate of drug-likeness (QED) is 0.238. The van der Waals surface area contributed by atoms with Crippen LogP contribution in [0.1, 0.15) is 34.0 Å². The van der Waals surface area contributed by atoms with Crippen LogP contribution in [0.5, 0.6) is 11.5 Å². The van der Waals surface area contributed by atoms with Gasteiger partial charge in [-0.25, -0.2) is 14.5 Å². The first-order chi connectivity index (χ1) is 17.3. The minimum absolute atomic E-state index is 0.196. The summed E-state index contributed by atoms with van der Waals surface area (Å²) in [6, 6.07) is 17.8. The van der Waals surface area contributed by atoms with Crippen LogP contribution in [0, 0.1) is 13.8 Å². The Hall–Kier alpha value is -4.72. The summed E-state index contributed by atoms with van der Waals surface area (Å²) in [6.07, 6.45) is 1.37. The summed E-state index contributed by atoms with van der Waals surface area (Å²) in [7, 11) is 0. The van der Waals surface area contributed by atoms with Crippen LogP contribution in [0.3, 0.4) is 0 Å². The van der Waals surface area contributed by atoms with E-state index >= 15 is 0 Å². The van der Waals surface area contributed by atoms with Gasteiger partial charge in [0, 0.05) is 0 Å². The van der Waals surface area contributed by atoms with Gasteiger partial charge in [-0.3, -0.25) is 14.9 Å².